The fraction of sp³-hybridized carbons (Fsp3) is 0.769. The fourth-order valence-corrected chi connectivity index (χ4v) is 1.37. The van der Waals surface area contributed by atoms with Crippen LogP contribution in [0.3, 0.4) is 0 Å². The van der Waals surface area contributed by atoms with Crippen LogP contribution in [0, 0.1) is 5.92 Å². The number of carboxylic acids is 1. The number of hydrogen-bond donors (Lipinski definition) is 3. The summed E-state index contributed by atoms with van der Waals surface area (Å²) < 4.78 is 5.09. The maximum absolute atomic E-state index is 11.9. The maximum atomic E-state index is 11.9. The standard InChI is InChI=1S/C13H24N2O5/c1-8(2)10(11(18)14-7-6-9(16)17)15-12(19)20-13(3,4)5/h8,10H,6-7H2,1-5H3,(H,14,18)(H,15,19)(H,16,17)/t10-/m0/s1. The lowest BCUT2D eigenvalue weighted by Gasteiger charge is -2.25. The quantitative estimate of drug-likeness (QED) is 0.679. The van der Waals surface area contributed by atoms with Gasteiger partial charge in [-0.25, -0.2) is 4.79 Å². The summed E-state index contributed by atoms with van der Waals surface area (Å²) in [6, 6.07) is -0.765. The van der Waals surface area contributed by atoms with E-state index in [1.807, 2.05) is 0 Å². The van der Waals surface area contributed by atoms with Crippen LogP contribution in [0.5, 0.6) is 0 Å². The molecule has 0 unspecified atom stereocenters. The first-order valence-corrected chi connectivity index (χ1v) is 6.52. The highest BCUT2D eigenvalue weighted by atomic mass is 16.6. The number of rotatable bonds is 6. The van der Waals surface area contributed by atoms with E-state index in [4.69, 9.17) is 9.84 Å². The Morgan fingerprint density at radius 3 is 2.15 bits per heavy atom. The molecule has 7 heteroatoms. The summed E-state index contributed by atoms with van der Waals surface area (Å²) in [6.07, 6.45) is -0.840. The van der Waals surface area contributed by atoms with Crippen LogP contribution in [0.15, 0.2) is 0 Å². The van der Waals surface area contributed by atoms with Crippen molar-refractivity contribution >= 4 is 18.0 Å². The normalized spacial score (nSPS) is 12.7. The van der Waals surface area contributed by atoms with Crippen LogP contribution in [0.2, 0.25) is 0 Å². The molecule has 0 aromatic heterocycles. The van der Waals surface area contributed by atoms with Gasteiger partial charge in [-0.3, -0.25) is 9.59 Å². The molecule has 0 aliphatic rings. The molecule has 0 radical (unpaired) electrons. The second-order valence-electron chi connectivity index (χ2n) is 5.80. The minimum Gasteiger partial charge on any atom is -0.481 e. The zero-order valence-electron chi connectivity index (χ0n) is 12.6. The molecule has 0 bridgehead atoms. The number of carboxylic acid groups (broad SMARTS) is 1. The first-order chi connectivity index (χ1) is 9.03. The molecule has 0 spiro atoms. The topological polar surface area (TPSA) is 105 Å². The lowest BCUT2D eigenvalue weighted by Crippen LogP contribution is -2.51. The largest absolute Gasteiger partial charge is 0.481 e. The van der Waals surface area contributed by atoms with Crippen LogP contribution < -0.4 is 10.6 Å². The maximum Gasteiger partial charge on any atom is 0.408 e. The van der Waals surface area contributed by atoms with E-state index in [1.54, 1.807) is 34.6 Å². The van der Waals surface area contributed by atoms with E-state index < -0.39 is 29.6 Å². The van der Waals surface area contributed by atoms with Crippen LogP contribution in [0.1, 0.15) is 41.0 Å². The van der Waals surface area contributed by atoms with Crippen molar-refractivity contribution in [3.63, 3.8) is 0 Å². The van der Waals surface area contributed by atoms with E-state index in [0.717, 1.165) is 0 Å². The number of aliphatic carboxylic acids is 1. The SMILES string of the molecule is CC(C)[C@H](NC(=O)OC(C)(C)C)C(=O)NCCC(=O)O. The molecule has 116 valence electrons. The first kappa shape index (κ1) is 18.2. The number of nitrogens with one attached hydrogen (secondary N) is 2. The minimum atomic E-state index is -0.994. The second kappa shape index (κ2) is 7.72. The van der Waals surface area contributed by atoms with E-state index >= 15 is 0 Å². The summed E-state index contributed by atoms with van der Waals surface area (Å²) >= 11 is 0. The Kier molecular flexibility index (Phi) is 7.02. The van der Waals surface area contributed by atoms with Crippen molar-refractivity contribution in [2.24, 2.45) is 5.92 Å². The van der Waals surface area contributed by atoms with Gasteiger partial charge >= 0.3 is 12.1 Å². The van der Waals surface area contributed by atoms with Crippen molar-refractivity contribution in [2.75, 3.05) is 6.54 Å². The number of ether oxygens (including phenoxy) is 1. The monoisotopic (exact) mass is 288 g/mol. The third kappa shape index (κ3) is 8.34. The van der Waals surface area contributed by atoms with Gasteiger partial charge in [-0.05, 0) is 26.7 Å². The molecule has 2 amide bonds. The fourth-order valence-electron chi connectivity index (χ4n) is 1.37. The second-order valence-corrected chi connectivity index (χ2v) is 5.80. The molecule has 20 heavy (non-hydrogen) atoms. The van der Waals surface area contributed by atoms with Gasteiger partial charge in [0.2, 0.25) is 5.91 Å². The van der Waals surface area contributed by atoms with Gasteiger partial charge < -0.3 is 20.5 Å². The molecule has 0 aromatic carbocycles. The molecule has 0 aromatic rings. The third-order valence-corrected chi connectivity index (χ3v) is 2.26. The number of alkyl carbamates (subject to hydrolysis) is 1. The van der Waals surface area contributed by atoms with Gasteiger partial charge in [0.25, 0.3) is 0 Å². The lowest BCUT2D eigenvalue weighted by atomic mass is 10.0. The zero-order chi connectivity index (χ0) is 15.9. The summed E-state index contributed by atoms with van der Waals surface area (Å²) in [5.74, 6) is -1.56. The zero-order valence-corrected chi connectivity index (χ0v) is 12.6. The van der Waals surface area contributed by atoms with Crippen molar-refractivity contribution in [3.8, 4) is 0 Å². The first-order valence-electron chi connectivity index (χ1n) is 6.52. The van der Waals surface area contributed by atoms with Crippen LogP contribution in [0.25, 0.3) is 0 Å². The predicted molar refractivity (Wildman–Crippen MR) is 73.3 cm³/mol. The Bertz CT molecular complexity index is 360. The molecule has 7 nitrogen and oxygen atoms in total. The Morgan fingerprint density at radius 2 is 1.75 bits per heavy atom. The Hall–Kier alpha value is -1.79. The van der Waals surface area contributed by atoms with E-state index in [-0.39, 0.29) is 18.9 Å². The number of carbonyl (C=O) groups is 3. The highest BCUT2D eigenvalue weighted by molar-refractivity contribution is 5.86. The molecule has 1 atom stereocenters. The van der Waals surface area contributed by atoms with E-state index in [1.165, 1.54) is 0 Å². The van der Waals surface area contributed by atoms with Gasteiger partial charge in [0.15, 0.2) is 0 Å². The van der Waals surface area contributed by atoms with Gasteiger partial charge in [-0.1, -0.05) is 13.8 Å². The number of amides is 2. The highest BCUT2D eigenvalue weighted by Crippen LogP contribution is 2.08. The van der Waals surface area contributed by atoms with Crippen LogP contribution in [-0.4, -0.2) is 41.3 Å². The van der Waals surface area contributed by atoms with E-state index in [2.05, 4.69) is 10.6 Å². The van der Waals surface area contributed by atoms with Gasteiger partial charge in [0.05, 0.1) is 6.42 Å². The third-order valence-electron chi connectivity index (χ3n) is 2.26. The van der Waals surface area contributed by atoms with Crippen molar-refractivity contribution in [1.82, 2.24) is 10.6 Å². The number of hydrogen-bond acceptors (Lipinski definition) is 4. The summed E-state index contributed by atoms with van der Waals surface area (Å²) in [7, 11) is 0. The average Bonchev–Trinajstić information content (AvgIpc) is 2.22. The molecular weight excluding hydrogens is 264 g/mol. The summed E-state index contributed by atoms with van der Waals surface area (Å²) in [5.41, 5.74) is -0.647. The summed E-state index contributed by atoms with van der Waals surface area (Å²) in [5, 5.41) is 13.5. The molecule has 0 rings (SSSR count). The minimum absolute atomic E-state index is 0.0212. The molecule has 0 saturated heterocycles. The molecule has 0 aliphatic carbocycles. The van der Waals surface area contributed by atoms with Gasteiger partial charge in [-0.2, -0.15) is 0 Å². The highest BCUT2D eigenvalue weighted by Gasteiger charge is 2.26. The van der Waals surface area contributed by atoms with Crippen LogP contribution >= 0.6 is 0 Å². The van der Waals surface area contributed by atoms with Gasteiger partial charge in [0.1, 0.15) is 11.6 Å². The summed E-state index contributed by atoms with van der Waals surface area (Å²) in [6.45, 7) is 8.75. The van der Waals surface area contributed by atoms with Crippen LogP contribution in [0.4, 0.5) is 4.79 Å². The molecule has 0 fully saturated rings. The molecule has 0 heterocycles. The van der Waals surface area contributed by atoms with Gasteiger partial charge in [0, 0.05) is 6.54 Å². The van der Waals surface area contributed by atoms with Crippen LogP contribution in [-0.2, 0) is 14.3 Å². The molecular formula is C13H24N2O5. The van der Waals surface area contributed by atoms with Crippen molar-refractivity contribution < 1.29 is 24.2 Å². The van der Waals surface area contributed by atoms with Gasteiger partial charge in [-0.15, -0.1) is 0 Å². The van der Waals surface area contributed by atoms with Crippen molar-refractivity contribution in [2.45, 2.75) is 52.7 Å². The Morgan fingerprint density at radius 1 is 1.20 bits per heavy atom. The Labute approximate surface area is 119 Å². The van der Waals surface area contributed by atoms with E-state index in [0.29, 0.717) is 0 Å². The number of carbonyl (C=O) groups excluding carboxylic acids is 2. The van der Waals surface area contributed by atoms with Crippen molar-refractivity contribution in [3.05, 3.63) is 0 Å². The lowest BCUT2D eigenvalue weighted by molar-refractivity contribution is -0.137. The predicted octanol–water partition coefficient (Wildman–Crippen LogP) is 1.13. The molecule has 3 N–H and O–H groups in total. The smallest absolute Gasteiger partial charge is 0.408 e. The molecule has 0 aliphatic heterocycles. The van der Waals surface area contributed by atoms with Crippen molar-refractivity contribution in [1.29, 1.82) is 0 Å². The van der Waals surface area contributed by atoms with E-state index in [9.17, 15) is 14.4 Å². The summed E-state index contributed by atoms with van der Waals surface area (Å²) in [4.78, 5) is 33.9. The Balaban J connectivity index is 4.45. The average molecular weight is 288 g/mol. The molecule has 0 saturated carbocycles.